The molecule has 0 saturated carbocycles. The van der Waals surface area contributed by atoms with E-state index in [0.717, 1.165) is 11.1 Å². The summed E-state index contributed by atoms with van der Waals surface area (Å²) in [6.45, 7) is 6.36. The van der Waals surface area contributed by atoms with Gasteiger partial charge in [-0.25, -0.2) is 4.79 Å². The fourth-order valence-corrected chi connectivity index (χ4v) is 2.51. The van der Waals surface area contributed by atoms with Gasteiger partial charge in [-0.15, -0.1) is 0 Å². The third-order valence-corrected chi connectivity index (χ3v) is 3.99. The third kappa shape index (κ3) is 3.42. The molecule has 0 aliphatic carbocycles. The van der Waals surface area contributed by atoms with Crippen molar-refractivity contribution >= 4 is 17.8 Å². The molecule has 2 nitrogen and oxygen atoms in total. The molecule has 0 radical (unpaired) electrons. The highest BCUT2D eigenvalue weighted by Crippen LogP contribution is 2.27. The van der Waals surface area contributed by atoms with Crippen molar-refractivity contribution in [3.05, 3.63) is 82.4 Å². The fourth-order valence-electron chi connectivity index (χ4n) is 2.51. The molecule has 0 N–H and O–H groups in total. The lowest BCUT2D eigenvalue weighted by molar-refractivity contribution is -0.130. The average Bonchev–Trinajstić information content (AvgIpc) is 2.89. The van der Waals surface area contributed by atoms with Crippen LogP contribution in [0.2, 0.25) is 0 Å². The van der Waals surface area contributed by atoms with E-state index in [4.69, 9.17) is 4.74 Å². The largest absolute Gasteiger partial charge is 0.422 e. The molecule has 2 aromatic rings. The zero-order valence-electron chi connectivity index (χ0n) is 13.7. The van der Waals surface area contributed by atoms with Crippen LogP contribution in [0.1, 0.15) is 42.0 Å². The lowest BCUT2D eigenvalue weighted by Gasteiger charge is -2.04. The minimum absolute atomic E-state index is 0.298. The number of cyclic esters (lactones) is 1. The van der Waals surface area contributed by atoms with Crippen molar-refractivity contribution in [1.29, 1.82) is 0 Å². The van der Waals surface area contributed by atoms with Crippen LogP contribution in [0.3, 0.4) is 0 Å². The maximum atomic E-state index is 12.1. The highest BCUT2D eigenvalue weighted by molar-refractivity contribution is 6.05. The first kappa shape index (κ1) is 15.3. The second kappa shape index (κ2) is 6.25. The Morgan fingerprint density at radius 2 is 1.61 bits per heavy atom. The number of carbonyl (C=O) groups excluding carboxylic acids is 1. The molecule has 0 bridgehead atoms. The number of rotatable bonds is 3. The van der Waals surface area contributed by atoms with Gasteiger partial charge in [-0.3, -0.25) is 0 Å². The van der Waals surface area contributed by atoms with Gasteiger partial charge in [0.2, 0.25) is 0 Å². The number of hydrogen-bond donors (Lipinski definition) is 0. The van der Waals surface area contributed by atoms with Gasteiger partial charge in [0.05, 0.1) is 5.57 Å². The summed E-state index contributed by atoms with van der Waals surface area (Å²) in [6.07, 6.45) is 3.68. The first-order chi connectivity index (χ1) is 11.0. The van der Waals surface area contributed by atoms with Gasteiger partial charge >= 0.3 is 5.97 Å². The van der Waals surface area contributed by atoms with E-state index in [1.54, 1.807) is 0 Å². The Labute approximate surface area is 137 Å². The lowest BCUT2D eigenvalue weighted by Crippen LogP contribution is -1.97. The van der Waals surface area contributed by atoms with Gasteiger partial charge in [-0.2, -0.15) is 0 Å². The third-order valence-electron chi connectivity index (χ3n) is 3.99. The summed E-state index contributed by atoms with van der Waals surface area (Å²) in [5.74, 6) is 0.815. The minimum Gasteiger partial charge on any atom is -0.422 e. The molecule has 0 saturated heterocycles. The Morgan fingerprint density at radius 1 is 0.957 bits per heavy atom. The normalized spacial score (nSPS) is 15.9. The molecular weight excluding hydrogens is 284 g/mol. The zero-order valence-corrected chi connectivity index (χ0v) is 13.7. The highest BCUT2D eigenvalue weighted by atomic mass is 16.5. The van der Waals surface area contributed by atoms with Crippen LogP contribution in [0.25, 0.3) is 11.8 Å². The molecule has 0 spiro atoms. The van der Waals surface area contributed by atoms with Crippen molar-refractivity contribution < 1.29 is 9.53 Å². The molecule has 3 rings (SSSR count). The molecule has 0 fully saturated rings. The van der Waals surface area contributed by atoms with Gasteiger partial charge in [0.1, 0.15) is 5.76 Å². The van der Waals surface area contributed by atoms with Gasteiger partial charge in [0.25, 0.3) is 0 Å². The number of aryl methyl sites for hydroxylation is 1. The molecule has 0 aromatic heterocycles. The lowest BCUT2D eigenvalue weighted by atomic mass is 10.0. The van der Waals surface area contributed by atoms with Gasteiger partial charge < -0.3 is 4.74 Å². The zero-order chi connectivity index (χ0) is 16.4. The number of hydrogen-bond acceptors (Lipinski definition) is 2. The maximum absolute atomic E-state index is 12.1. The average molecular weight is 304 g/mol. The minimum atomic E-state index is -0.298. The van der Waals surface area contributed by atoms with Gasteiger partial charge in [-0.05, 0) is 36.1 Å². The molecule has 0 amide bonds. The van der Waals surface area contributed by atoms with Crippen molar-refractivity contribution in [2.45, 2.75) is 26.7 Å². The number of ether oxygens (including phenoxy) is 1. The van der Waals surface area contributed by atoms with Gasteiger partial charge in [0, 0.05) is 5.56 Å². The van der Waals surface area contributed by atoms with E-state index in [2.05, 4.69) is 26.0 Å². The summed E-state index contributed by atoms with van der Waals surface area (Å²) in [5, 5.41) is 0. The summed E-state index contributed by atoms with van der Waals surface area (Å²) in [6, 6.07) is 16.2. The van der Waals surface area contributed by atoms with Crippen LogP contribution in [0.5, 0.6) is 0 Å². The molecule has 2 aromatic carbocycles. The van der Waals surface area contributed by atoms with Crippen molar-refractivity contribution in [2.75, 3.05) is 0 Å². The SMILES string of the molecule is Cc1ccc(C2=C/C(=C/c3ccc(C(C)C)cc3)C(=O)O2)cc1. The molecule has 1 aliphatic heterocycles. The van der Waals surface area contributed by atoms with Crippen LogP contribution in [0.15, 0.2) is 60.2 Å². The van der Waals surface area contributed by atoms with Gasteiger partial charge in [-0.1, -0.05) is 67.9 Å². The molecule has 116 valence electrons. The fraction of sp³-hybridized carbons (Fsp3) is 0.190. The summed E-state index contributed by atoms with van der Waals surface area (Å²) in [5.41, 5.74) is 4.97. The number of esters is 1. The Bertz CT molecular complexity index is 776. The molecule has 0 atom stereocenters. The smallest absolute Gasteiger partial charge is 0.343 e. The van der Waals surface area contributed by atoms with Crippen LogP contribution >= 0.6 is 0 Å². The Balaban J connectivity index is 1.87. The van der Waals surface area contributed by atoms with Crippen LogP contribution < -0.4 is 0 Å². The second-order valence-corrected chi connectivity index (χ2v) is 6.19. The monoisotopic (exact) mass is 304 g/mol. The summed E-state index contributed by atoms with van der Waals surface area (Å²) in [7, 11) is 0. The molecule has 0 unspecified atom stereocenters. The highest BCUT2D eigenvalue weighted by Gasteiger charge is 2.21. The van der Waals surface area contributed by atoms with E-state index in [1.165, 1.54) is 11.1 Å². The van der Waals surface area contributed by atoms with E-state index < -0.39 is 0 Å². The second-order valence-electron chi connectivity index (χ2n) is 6.19. The summed E-state index contributed by atoms with van der Waals surface area (Å²) < 4.78 is 5.39. The van der Waals surface area contributed by atoms with E-state index in [0.29, 0.717) is 17.3 Å². The van der Waals surface area contributed by atoms with E-state index in [9.17, 15) is 4.79 Å². The van der Waals surface area contributed by atoms with Crippen LogP contribution in [-0.4, -0.2) is 5.97 Å². The number of benzene rings is 2. The Morgan fingerprint density at radius 3 is 2.22 bits per heavy atom. The quantitative estimate of drug-likeness (QED) is 0.582. The van der Waals surface area contributed by atoms with E-state index >= 15 is 0 Å². The van der Waals surface area contributed by atoms with Crippen molar-refractivity contribution in [3.8, 4) is 0 Å². The van der Waals surface area contributed by atoms with Crippen LogP contribution in [0, 0.1) is 6.92 Å². The topological polar surface area (TPSA) is 26.3 Å². The number of carbonyl (C=O) groups is 1. The molecular formula is C21H20O2. The first-order valence-corrected chi connectivity index (χ1v) is 7.85. The predicted molar refractivity (Wildman–Crippen MR) is 93.8 cm³/mol. The predicted octanol–water partition coefficient (Wildman–Crippen LogP) is 5.10. The van der Waals surface area contributed by atoms with Crippen molar-refractivity contribution in [3.63, 3.8) is 0 Å². The van der Waals surface area contributed by atoms with Crippen molar-refractivity contribution in [2.24, 2.45) is 0 Å². The molecule has 2 heteroatoms. The van der Waals surface area contributed by atoms with Crippen LogP contribution in [0.4, 0.5) is 0 Å². The van der Waals surface area contributed by atoms with E-state index in [-0.39, 0.29) is 5.97 Å². The summed E-state index contributed by atoms with van der Waals surface area (Å²) >= 11 is 0. The summed E-state index contributed by atoms with van der Waals surface area (Å²) in [4.78, 5) is 12.1. The van der Waals surface area contributed by atoms with E-state index in [1.807, 2.05) is 55.5 Å². The Hall–Kier alpha value is -2.61. The molecule has 1 aliphatic rings. The van der Waals surface area contributed by atoms with Crippen molar-refractivity contribution in [1.82, 2.24) is 0 Å². The molecule has 23 heavy (non-hydrogen) atoms. The Kier molecular flexibility index (Phi) is 4.16. The molecule has 1 heterocycles. The first-order valence-electron chi connectivity index (χ1n) is 7.85. The maximum Gasteiger partial charge on any atom is 0.343 e. The van der Waals surface area contributed by atoms with Gasteiger partial charge in [0.15, 0.2) is 0 Å². The van der Waals surface area contributed by atoms with Crippen LogP contribution in [-0.2, 0) is 9.53 Å². The standard InChI is InChI=1S/C21H20O2/c1-14(2)17-10-6-16(7-11-17)12-19-13-20(23-21(19)22)18-8-4-15(3)5-9-18/h4-14H,1-3H3/b19-12-.